The molecule has 3 unspecified atom stereocenters. The van der Waals surface area contributed by atoms with Crippen molar-refractivity contribution in [2.24, 2.45) is 10.7 Å². The molecule has 1 fully saturated rings. The maximum atomic E-state index is 11.8. The highest BCUT2D eigenvalue weighted by molar-refractivity contribution is 6.35. The fraction of sp³-hybridized carbons (Fsp3) is 0.462. The van der Waals surface area contributed by atoms with Crippen LogP contribution in [-0.4, -0.2) is 47.5 Å². The van der Waals surface area contributed by atoms with Crippen LogP contribution >= 0.6 is 23.2 Å². The molecule has 8 heteroatoms. The molecule has 1 heterocycles. The molecular weight excluding hydrogens is 469 g/mol. The van der Waals surface area contributed by atoms with Crippen LogP contribution in [-0.2, 0) is 4.79 Å². The van der Waals surface area contributed by atoms with E-state index in [1.165, 1.54) is 0 Å². The summed E-state index contributed by atoms with van der Waals surface area (Å²) in [5.74, 6) is 0.212. The molecule has 0 bridgehead atoms. The predicted molar refractivity (Wildman–Crippen MR) is 143 cm³/mol. The molecule has 184 valence electrons. The van der Waals surface area contributed by atoms with E-state index in [0.717, 1.165) is 35.9 Å². The van der Waals surface area contributed by atoms with Gasteiger partial charge in [0.25, 0.3) is 0 Å². The van der Waals surface area contributed by atoms with Crippen molar-refractivity contribution < 1.29 is 4.79 Å². The van der Waals surface area contributed by atoms with Gasteiger partial charge in [0.2, 0.25) is 5.91 Å². The van der Waals surface area contributed by atoms with Gasteiger partial charge in [-0.2, -0.15) is 0 Å². The monoisotopic (exact) mass is 503 g/mol. The zero-order valence-electron chi connectivity index (χ0n) is 20.5. The average molecular weight is 505 g/mol. The summed E-state index contributed by atoms with van der Waals surface area (Å²) in [6, 6.07) is 14.1. The van der Waals surface area contributed by atoms with Gasteiger partial charge in [0.15, 0.2) is 5.96 Å². The lowest BCUT2D eigenvalue weighted by Crippen LogP contribution is -2.57. The van der Waals surface area contributed by atoms with E-state index >= 15 is 0 Å². The first-order valence-corrected chi connectivity index (χ1v) is 12.4. The highest BCUT2D eigenvalue weighted by Gasteiger charge is 2.25. The van der Waals surface area contributed by atoms with E-state index in [1.54, 1.807) is 12.1 Å². The van der Waals surface area contributed by atoms with E-state index in [0.29, 0.717) is 22.1 Å². The van der Waals surface area contributed by atoms with Crippen molar-refractivity contribution in [3.8, 4) is 0 Å². The maximum Gasteiger partial charge on any atom is 0.218 e. The number of nitrogens with zero attached hydrogens (tertiary/aromatic N) is 2. The van der Waals surface area contributed by atoms with Gasteiger partial charge in [0.05, 0.1) is 5.54 Å². The van der Waals surface area contributed by atoms with Crippen molar-refractivity contribution in [1.29, 1.82) is 0 Å². The van der Waals surface area contributed by atoms with E-state index in [1.807, 2.05) is 30.3 Å². The summed E-state index contributed by atoms with van der Waals surface area (Å²) < 4.78 is 0. The van der Waals surface area contributed by atoms with E-state index in [2.05, 4.69) is 50.2 Å². The van der Waals surface area contributed by atoms with Crippen LogP contribution in [0.5, 0.6) is 0 Å². The Labute approximate surface area is 212 Å². The summed E-state index contributed by atoms with van der Waals surface area (Å²) in [5, 5.41) is 8.16. The Morgan fingerprint density at radius 1 is 1.15 bits per heavy atom. The summed E-state index contributed by atoms with van der Waals surface area (Å²) in [4.78, 5) is 19.1. The minimum Gasteiger partial charge on any atom is -0.370 e. The third-order valence-electron chi connectivity index (χ3n) is 5.61. The largest absolute Gasteiger partial charge is 0.370 e. The van der Waals surface area contributed by atoms with Gasteiger partial charge in [-0.15, -0.1) is 0 Å². The van der Waals surface area contributed by atoms with Gasteiger partial charge in [-0.3, -0.25) is 4.79 Å². The molecule has 2 aromatic rings. The lowest BCUT2D eigenvalue weighted by atomic mass is 9.88. The zero-order valence-corrected chi connectivity index (χ0v) is 22.0. The SMILES string of the molecule is CC1CN(C(=NC(C)(C)C)Nc2ccc(C(CC(N)=O)c3ccc(Cl)cc3Cl)cc2)CC(C)N1. The fourth-order valence-corrected chi connectivity index (χ4v) is 4.86. The van der Waals surface area contributed by atoms with Crippen molar-refractivity contribution in [2.45, 2.75) is 64.6 Å². The molecule has 1 amide bonds. The number of halogens is 2. The lowest BCUT2D eigenvalue weighted by Gasteiger charge is -2.39. The van der Waals surface area contributed by atoms with Crippen LogP contribution in [0, 0.1) is 0 Å². The second-order valence-corrected chi connectivity index (χ2v) is 11.0. The summed E-state index contributed by atoms with van der Waals surface area (Å²) in [6.07, 6.45) is 0.154. The van der Waals surface area contributed by atoms with Gasteiger partial charge in [-0.25, -0.2) is 4.99 Å². The molecule has 0 radical (unpaired) electrons. The molecule has 1 aliphatic rings. The minimum absolute atomic E-state index is 0.154. The third-order valence-corrected chi connectivity index (χ3v) is 6.17. The van der Waals surface area contributed by atoms with E-state index in [9.17, 15) is 4.79 Å². The number of aliphatic imine (C=N–C) groups is 1. The molecule has 1 aliphatic heterocycles. The van der Waals surface area contributed by atoms with E-state index < -0.39 is 0 Å². The second kappa shape index (κ2) is 11.0. The number of guanidine groups is 1. The molecule has 0 aliphatic carbocycles. The highest BCUT2D eigenvalue weighted by atomic mass is 35.5. The fourth-order valence-electron chi connectivity index (χ4n) is 4.32. The number of rotatable bonds is 5. The van der Waals surface area contributed by atoms with E-state index in [-0.39, 0.29) is 23.8 Å². The molecule has 2 aromatic carbocycles. The Kier molecular flexibility index (Phi) is 8.50. The van der Waals surface area contributed by atoms with Gasteiger partial charge in [0.1, 0.15) is 0 Å². The molecule has 34 heavy (non-hydrogen) atoms. The van der Waals surface area contributed by atoms with Crippen molar-refractivity contribution in [2.75, 3.05) is 18.4 Å². The van der Waals surface area contributed by atoms with Crippen molar-refractivity contribution in [1.82, 2.24) is 10.2 Å². The van der Waals surface area contributed by atoms with Gasteiger partial charge < -0.3 is 21.3 Å². The molecule has 3 rings (SSSR count). The number of piperazine rings is 1. The van der Waals surface area contributed by atoms with Crippen molar-refractivity contribution >= 4 is 40.8 Å². The maximum absolute atomic E-state index is 11.8. The van der Waals surface area contributed by atoms with Crippen molar-refractivity contribution in [3.63, 3.8) is 0 Å². The number of nitrogens with one attached hydrogen (secondary N) is 2. The normalized spacial score (nSPS) is 20.2. The number of primary amides is 1. The summed E-state index contributed by atoms with van der Waals surface area (Å²) in [5.41, 5.74) is 8.03. The molecule has 0 spiro atoms. The number of carbonyl (C=O) groups is 1. The molecular formula is C26H35Cl2N5O. The van der Waals surface area contributed by atoms with Gasteiger partial charge in [0, 0.05) is 53.2 Å². The predicted octanol–water partition coefficient (Wildman–Crippen LogP) is 5.25. The number of carbonyl (C=O) groups excluding carboxylic acids is 1. The Hall–Kier alpha value is -2.28. The molecule has 0 aromatic heterocycles. The van der Waals surface area contributed by atoms with Crippen LogP contribution in [0.1, 0.15) is 58.1 Å². The number of nitrogens with two attached hydrogens (primary N) is 1. The van der Waals surface area contributed by atoms with Gasteiger partial charge in [-0.1, -0.05) is 41.4 Å². The zero-order chi connectivity index (χ0) is 25.0. The van der Waals surface area contributed by atoms with Crippen molar-refractivity contribution in [3.05, 3.63) is 63.6 Å². The molecule has 1 saturated heterocycles. The first kappa shape index (κ1) is 26.3. The highest BCUT2D eigenvalue weighted by Crippen LogP contribution is 2.35. The summed E-state index contributed by atoms with van der Waals surface area (Å²) in [6.45, 7) is 12.4. The molecule has 6 nitrogen and oxygen atoms in total. The van der Waals surface area contributed by atoms with Crippen LogP contribution in [0.3, 0.4) is 0 Å². The average Bonchev–Trinajstić information content (AvgIpc) is 2.71. The minimum atomic E-state index is -0.389. The standard InChI is InChI=1S/C26H35Cl2N5O/c1-16-14-33(15-17(2)30-16)25(32-26(3,4)5)31-20-9-6-18(7-10-20)22(13-24(29)34)21-11-8-19(27)12-23(21)28/h6-12,16-17,22,30H,13-15H2,1-5H3,(H2,29,34)(H,31,32). The Balaban J connectivity index is 1.88. The topological polar surface area (TPSA) is 82.8 Å². The molecule has 0 saturated carbocycles. The van der Waals surface area contributed by atoms with Gasteiger partial charge in [-0.05, 0) is 70.0 Å². The van der Waals surface area contributed by atoms with Crippen LogP contribution < -0.4 is 16.4 Å². The third kappa shape index (κ3) is 7.36. The lowest BCUT2D eigenvalue weighted by molar-refractivity contribution is -0.118. The van der Waals surface area contributed by atoms with Crippen LogP contribution in [0.2, 0.25) is 10.0 Å². The molecule has 4 N–H and O–H groups in total. The quantitative estimate of drug-likeness (QED) is 0.384. The molecule has 3 atom stereocenters. The Morgan fingerprint density at radius 2 is 1.76 bits per heavy atom. The number of hydrogen-bond donors (Lipinski definition) is 3. The number of hydrogen-bond acceptors (Lipinski definition) is 3. The first-order valence-electron chi connectivity index (χ1n) is 11.6. The Bertz CT molecular complexity index is 1020. The second-order valence-electron chi connectivity index (χ2n) is 10.1. The number of amides is 1. The number of anilines is 1. The number of benzene rings is 2. The summed E-state index contributed by atoms with van der Waals surface area (Å²) in [7, 11) is 0. The Morgan fingerprint density at radius 3 is 2.29 bits per heavy atom. The first-order chi connectivity index (χ1) is 15.9. The summed E-state index contributed by atoms with van der Waals surface area (Å²) >= 11 is 12.5. The van der Waals surface area contributed by atoms with Gasteiger partial charge >= 0.3 is 0 Å². The van der Waals surface area contributed by atoms with Crippen LogP contribution in [0.4, 0.5) is 5.69 Å². The van der Waals surface area contributed by atoms with E-state index in [4.69, 9.17) is 33.9 Å². The van der Waals surface area contributed by atoms with Crippen LogP contribution in [0.25, 0.3) is 0 Å². The van der Waals surface area contributed by atoms with Crippen LogP contribution in [0.15, 0.2) is 47.5 Å². The smallest absolute Gasteiger partial charge is 0.218 e.